The number of rotatable bonds is 5. The number of hydrogen-bond acceptors (Lipinski definition) is 5. The number of nitrogens with zero attached hydrogens (tertiary/aromatic N) is 1. The van der Waals surface area contributed by atoms with E-state index in [0.29, 0.717) is 22.7 Å². The van der Waals surface area contributed by atoms with Gasteiger partial charge in [0.15, 0.2) is 0 Å². The fourth-order valence-corrected chi connectivity index (χ4v) is 3.66. The molecule has 7 heteroatoms. The quantitative estimate of drug-likeness (QED) is 0.825. The number of aryl methyl sites for hydroxylation is 1. The topological polar surface area (TPSA) is 80.8 Å². The number of ether oxygens (including phenoxy) is 1. The number of cyclic esters (lactones) is 1. The van der Waals surface area contributed by atoms with Crippen molar-refractivity contribution in [2.75, 3.05) is 6.61 Å². The van der Waals surface area contributed by atoms with Crippen molar-refractivity contribution >= 4 is 21.9 Å². The first kappa shape index (κ1) is 17.2. The number of carbonyl (C=O) groups is 2. The zero-order chi connectivity index (χ0) is 17.2. The summed E-state index contributed by atoms with van der Waals surface area (Å²) in [5.41, 5.74) is 1.86. The highest BCUT2D eigenvalue weighted by molar-refractivity contribution is 7.89. The summed E-state index contributed by atoms with van der Waals surface area (Å²) < 4.78 is 31.1. The van der Waals surface area contributed by atoms with Gasteiger partial charge in [-0.05, 0) is 44.9 Å². The molecule has 0 aliphatic carbocycles. The van der Waals surface area contributed by atoms with Crippen LogP contribution >= 0.6 is 0 Å². The summed E-state index contributed by atoms with van der Waals surface area (Å²) in [6.45, 7) is 4.92. The average Bonchev–Trinajstić information content (AvgIpc) is 2.87. The van der Waals surface area contributed by atoms with Gasteiger partial charge in [0.1, 0.15) is 12.4 Å². The lowest BCUT2D eigenvalue weighted by Gasteiger charge is -2.17. The maximum atomic E-state index is 12.7. The van der Waals surface area contributed by atoms with E-state index < -0.39 is 16.1 Å². The number of carbonyl (C=O) groups excluding carboxylic acids is 2. The maximum absolute atomic E-state index is 12.7. The lowest BCUT2D eigenvalue weighted by atomic mass is 10.1. The molecule has 2 rings (SSSR count). The van der Waals surface area contributed by atoms with Gasteiger partial charge in [-0.3, -0.25) is 0 Å². The van der Waals surface area contributed by atoms with Gasteiger partial charge in [-0.1, -0.05) is 17.7 Å². The molecule has 23 heavy (non-hydrogen) atoms. The second-order valence-electron chi connectivity index (χ2n) is 5.57. The van der Waals surface area contributed by atoms with E-state index in [1.807, 2.05) is 6.92 Å². The van der Waals surface area contributed by atoms with Crippen molar-refractivity contribution in [1.29, 1.82) is 0 Å². The average molecular weight is 337 g/mol. The lowest BCUT2D eigenvalue weighted by molar-refractivity contribution is -0.116. The van der Waals surface area contributed by atoms with Gasteiger partial charge in [-0.2, -0.15) is 4.31 Å². The molecule has 1 aliphatic rings. The molecule has 0 radical (unpaired) electrons. The maximum Gasteiger partial charge on any atom is 0.428 e. The first-order chi connectivity index (χ1) is 10.7. The minimum Gasteiger partial charge on any atom is -0.442 e. The molecule has 1 aliphatic heterocycles. The minimum atomic E-state index is -4.02. The van der Waals surface area contributed by atoms with E-state index in [1.165, 1.54) is 19.1 Å². The van der Waals surface area contributed by atoms with E-state index in [9.17, 15) is 18.0 Å². The summed E-state index contributed by atoms with van der Waals surface area (Å²) >= 11 is 0. The van der Waals surface area contributed by atoms with Crippen LogP contribution in [0, 0.1) is 6.92 Å². The Bertz CT molecular complexity index is 762. The predicted molar refractivity (Wildman–Crippen MR) is 84.2 cm³/mol. The number of ketones is 1. The molecule has 0 N–H and O–H groups in total. The third-order valence-electron chi connectivity index (χ3n) is 3.65. The number of Topliss-reactive ketones (excluding diaryl/α,β-unsaturated/α-hetero) is 1. The largest absolute Gasteiger partial charge is 0.442 e. The number of benzene rings is 1. The third kappa shape index (κ3) is 3.61. The van der Waals surface area contributed by atoms with Crippen molar-refractivity contribution in [3.63, 3.8) is 0 Å². The van der Waals surface area contributed by atoms with Gasteiger partial charge in [-0.15, -0.1) is 0 Å². The van der Waals surface area contributed by atoms with Crippen molar-refractivity contribution in [2.24, 2.45) is 0 Å². The van der Waals surface area contributed by atoms with Crippen molar-refractivity contribution in [3.8, 4) is 0 Å². The minimum absolute atomic E-state index is 0.00290. The molecule has 0 bridgehead atoms. The van der Waals surface area contributed by atoms with E-state index in [2.05, 4.69) is 0 Å². The molecule has 1 aromatic carbocycles. The molecule has 124 valence electrons. The Labute approximate surface area is 135 Å². The van der Waals surface area contributed by atoms with Gasteiger partial charge in [0, 0.05) is 6.42 Å². The number of allylic oxidation sites excluding steroid dienone is 1. The van der Waals surface area contributed by atoms with Crippen LogP contribution in [0.3, 0.4) is 0 Å². The van der Waals surface area contributed by atoms with E-state index in [1.54, 1.807) is 19.1 Å². The first-order valence-electron chi connectivity index (χ1n) is 7.20. The van der Waals surface area contributed by atoms with Crippen LogP contribution < -0.4 is 0 Å². The van der Waals surface area contributed by atoms with Gasteiger partial charge in [-0.25, -0.2) is 13.2 Å². The van der Waals surface area contributed by atoms with Crippen LogP contribution in [0.25, 0.3) is 0 Å². The van der Waals surface area contributed by atoms with E-state index in [0.717, 1.165) is 5.56 Å². The Hall–Kier alpha value is -2.15. The monoisotopic (exact) mass is 337 g/mol. The molecular formula is C16H19NO5S. The molecule has 1 aromatic rings. The zero-order valence-electron chi connectivity index (χ0n) is 13.3. The van der Waals surface area contributed by atoms with Crippen LogP contribution in [-0.2, 0) is 19.6 Å². The first-order valence-corrected chi connectivity index (χ1v) is 8.64. The molecule has 0 unspecified atom stereocenters. The highest BCUT2D eigenvalue weighted by atomic mass is 32.2. The van der Waals surface area contributed by atoms with E-state index in [4.69, 9.17) is 4.74 Å². The van der Waals surface area contributed by atoms with Gasteiger partial charge < -0.3 is 9.53 Å². The molecule has 1 fully saturated rings. The summed E-state index contributed by atoms with van der Waals surface area (Å²) in [7, 11) is -4.02. The molecule has 1 heterocycles. The van der Waals surface area contributed by atoms with Crippen LogP contribution in [0.4, 0.5) is 4.79 Å². The van der Waals surface area contributed by atoms with Crippen molar-refractivity contribution in [3.05, 3.63) is 41.1 Å². The highest BCUT2D eigenvalue weighted by Gasteiger charge is 2.39. The SMILES string of the molecule is CC(=O)CC/C(C)=C1\COC(=O)N1S(=O)(=O)c1ccc(C)cc1. The smallest absolute Gasteiger partial charge is 0.428 e. The Kier molecular flexibility index (Phi) is 4.89. The van der Waals surface area contributed by atoms with Gasteiger partial charge in [0.2, 0.25) is 0 Å². The van der Waals surface area contributed by atoms with Crippen molar-refractivity contribution < 1.29 is 22.7 Å². The molecule has 1 amide bonds. The standard InChI is InChI=1S/C16H19NO5S/c1-11-4-8-14(9-5-11)23(20,21)17-15(10-22-16(17)19)12(2)6-7-13(3)18/h4-5,8-9H,6-7,10H2,1-3H3/b15-12+. The molecule has 0 aromatic heterocycles. The van der Waals surface area contributed by atoms with Crippen molar-refractivity contribution in [1.82, 2.24) is 4.31 Å². The summed E-state index contributed by atoms with van der Waals surface area (Å²) in [5.74, 6) is 0.00290. The second kappa shape index (κ2) is 6.54. The molecule has 0 atom stereocenters. The molecule has 6 nitrogen and oxygen atoms in total. The Morgan fingerprint density at radius 1 is 1.17 bits per heavy atom. The number of sulfonamides is 1. The van der Waals surface area contributed by atoms with Crippen molar-refractivity contribution in [2.45, 2.75) is 38.5 Å². The summed E-state index contributed by atoms with van der Waals surface area (Å²) in [6, 6.07) is 6.25. The molecule has 0 saturated carbocycles. The van der Waals surface area contributed by atoms with E-state index in [-0.39, 0.29) is 23.0 Å². The van der Waals surface area contributed by atoms with Crippen LogP contribution in [0.1, 0.15) is 32.3 Å². The summed E-state index contributed by atoms with van der Waals surface area (Å²) in [4.78, 5) is 23.1. The fourth-order valence-electron chi connectivity index (χ4n) is 2.22. The van der Waals surface area contributed by atoms with Gasteiger partial charge >= 0.3 is 6.09 Å². The highest BCUT2D eigenvalue weighted by Crippen LogP contribution is 2.29. The van der Waals surface area contributed by atoms with Crippen LogP contribution in [-0.4, -0.2) is 31.2 Å². The fraction of sp³-hybridized carbons (Fsp3) is 0.375. The molecule has 0 spiro atoms. The zero-order valence-corrected chi connectivity index (χ0v) is 14.1. The Morgan fingerprint density at radius 2 is 1.78 bits per heavy atom. The van der Waals surface area contributed by atoms with E-state index >= 15 is 0 Å². The Morgan fingerprint density at radius 3 is 2.35 bits per heavy atom. The van der Waals surface area contributed by atoms with Crippen LogP contribution in [0.5, 0.6) is 0 Å². The molecular weight excluding hydrogens is 318 g/mol. The third-order valence-corrected chi connectivity index (χ3v) is 5.37. The van der Waals surface area contributed by atoms with Crippen LogP contribution in [0.15, 0.2) is 40.4 Å². The second-order valence-corrected chi connectivity index (χ2v) is 7.35. The normalized spacial score (nSPS) is 17.2. The Balaban J connectivity index is 2.41. The summed E-state index contributed by atoms with van der Waals surface area (Å²) in [6.07, 6.45) is -0.230. The number of hydrogen-bond donors (Lipinski definition) is 0. The molecule has 1 saturated heterocycles. The predicted octanol–water partition coefficient (Wildman–Crippen LogP) is 2.78. The lowest BCUT2D eigenvalue weighted by Crippen LogP contribution is -2.31. The number of amides is 1. The van der Waals surface area contributed by atoms with Gasteiger partial charge in [0.05, 0.1) is 10.6 Å². The van der Waals surface area contributed by atoms with Gasteiger partial charge in [0.25, 0.3) is 10.0 Å². The van der Waals surface area contributed by atoms with Crippen LogP contribution in [0.2, 0.25) is 0 Å². The summed E-state index contributed by atoms with van der Waals surface area (Å²) in [5, 5.41) is 0.